The number of methoxy groups -OCH3 is 1. The van der Waals surface area contributed by atoms with Gasteiger partial charge in [-0.25, -0.2) is 4.98 Å². The van der Waals surface area contributed by atoms with Gasteiger partial charge in [0.25, 0.3) is 0 Å². The third kappa shape index (κ3) is 4.67. The van der Waals surface area contributed by atoms with Crippen LogP contribution in [0.15, 0.2) is 34.9 Å². The highest BCUT2D eigenvalue weighted by Crippen LogP contribution is 2.19. The zero-order chi connectivity index (χ0) is 15.1. The Morgan fingerprint density at radius 3 is 2.67 bits per heavy atom. The Bertz CT molecular complexity index is 537. The van der Waals surface area contributed by atoms with E-state index in [0.717, 1.165) is 17.8 Å². The van der Waals surface area contributed by atoms with Gasteiger partial charge in [-0.15, -0.1) is 0 Å². The van der Waals surface area contributed by atoms with Gasteiger partial charge in [0, 0.05) is 32.3 Å². The summed E-state index contributed by atoms with van der Waals surface area (Å²) in [7, 11) is 1.67. The Balaban J connectivity index is 2.02. The number of oxazole rings is 1. The zero-order valence-corrected chi connectivity index (χ0v) is 12.6. The average Bonchev–Trinajstić information content (AvgIpc) is 2.94. The van der Waals surface area contributed by atoms with E-state index in [-0.39, 0.29) is 6.61 Å². The van der Waals surface area contributed by atoms with E-state index in [4.69, 9.17) is 14.3 Å². The number of rotatable bonds is 8. The number of nitrogens with zero attached hydrogens (tertiary/aromatic N) is 2. The molecule has 0 amide bonds. The van der Waals surface area contributed by atoms with Crippen LogP contribution in [-0.4, -0.2) is 48.4 Å². The predicted molar refractivity (Wildman–Crippen MR) is 80.9 cm³/mol. The molecule has 0 aliphatic heterocycles. The Kier molecular flexibility index (Phi) is 5.92. The monoisotopic (exact) mass is 290 g/mol. The quantitative estimate of drug-likeness (QED) is 0.806. The number of aryl methyl sites for hydroxylation is 1. The van der Waals surface area contributed by atoms with Crippen LogP contribution in [0.4, 0.5) is 0 Å². The Morgan fingerprint density at radius 2 is 2.00 bits per heavy atom. The SMILES string of the molecule is COCCN(CCO)Cc1coc(-c2ccc(C)cc2)n1. The first-order valence-electron chi connectivity index (χ1n) is 7.06. The van der Waals surface area contributed by atoms with Crippen molar-refractivity contribution in [2.24, 2.45) is 0 Å². The number of hydrogen-bond donors (Lipinski definition) is 1. The van der Waals surface area contributed by atoms with E-state index >= 15 is 0 Å². The molecule has 1 aromatic heterocycles. The topological polar surface area (TPSA) is 58.7 Å². The molecule has 5 nitrogen and oxygen atoms in total. The van der Waals surface area contributed by atoms with Gasteiger partial charge >= 0.3 is 0 Å². The Hall–Kier alpha value is -1.69. The summed E-state index contributed by atoms with van der Waals surface area (Å²) in [6.45, 7) is 4.78. The lowest BCUT2D eigenvalue weighted by Gasteiger charge is -2.19. The molecule has 0 fully saturated rings. The highest BCUT2D eigenvalue weighted by Gasteiger charge is 2.11. The van der Waals surface area contributed by atoms with E-state index < -0.39 is 0 Å². The summed E-state index contributed by atoms with van der Waals surface area (Å²) in [5.74, 6) is 0.626. The van der Waals surface area contributed by atoms with Crippen LogP contribution >= 0.6 is 0 Å². The molecule has 2 rings (SSSR count). The molecule has 0 atom stereocenters. The third-order valence-electron chi connectivity index (χ3n) is 3.26. The van der Waals surface area contributed by atoms with Crippen LogP contribution in [0, 0.1) is 6.92 Å². The second-order valence-corrected chi connectivity index (χ2v) is 5.00. The molecule has 0 saturated heterocycles. The third-order valence-corrected chi connectivity index (χ3v) is 3.26. The van der Waals surface area contributed by atoms with Crippen LogP contribution in [0.1, 0.15) is 11.3 Å². The second-order valence-electron chi connectivity index (χ2n) is 5.00. The summed E-state index contributed by atoms with van der Waals surface area (Å²) in [5, 5.41) is 9.10. The number of ether oxygens (including phenoxy) is 1. The highest BCUT2D eigenvalue weighted by molar-refractivity contribution is 5.53. The van der Waals surface area contributed by atoms with Crippen molar-refractivity contribution < 1.29 is 14.3 Å². The summed E-state index contributed by atoms with van der Waals surface area (Å²) >= 11 is 0. The van der Waals surface area contributed by atoms with E-state index in [9.17, 15) is 0 Å². The van der Waals surface area contributed by atoms with E-state index in [1.807, 2.05) is 31.2 Å². The molecule has 1 aromatic carbocycles. The molecular weight excluding hydrogens is 268 g/mol. The molecular formula is C16H22N2O3. The van der Waals surface area contributed by atoms with Crippen LogP contribution < -0.4 is 0 Å². The summed E-state index contributed by atoms with van der Waals surface area (Å²) < 4.78 is 10.6. The van der Waals surface area contributed by atoms with Crippen LogP contribution in [0.5, 0.6) is 0 Å². The van der Waals surface area contributed by atoms with Crippen LogP contribution in [0.2, 0.25) is 0 Å². The van der Waals surface area contributed by atoms with Crippen molar-refractivity contribution in [3.8, 4) is 11.5 Å². The second kappa shape index (κ2) is 7.93. The van der Waals surface area contributed by atoms with E-state index in [0.29, 0.717) is 25.6 Å². The summed E-state index contributed by atoms with van der Waals surface area (Å²) in [5.41, 5.74) is 3.03. The Labute approximate surface area is 125 Å². The number of hydrogen-bond acceptors (Lipinski definition) is 5. The lowest BCUT2D eigenvalue weighted by Crippen LogP contribution is -2.29. The molecule has 0 radical (unpaired) electrons. The van der Waals surface area contributed by atoms with Gasteiger partial charge in [-0.1, -0.05) is 17.7 Å². The molecule has 0 spiro atoms. The molecule has 0 bridgehead atoms. The minimum absolute atomic E-state index is 0.117. The van der Waals surface area contributed by atoms with Crippen molar-refractivity contribution >= 4 is 0 Å². The van der Waals surface area contributed by atoms with Gasteiger partial charge in [-0.2, -0.15) is 0 Å². The summed E-state index contributed by atoms with van der Waals surface area (Å²) in [4.78, 5) is 6.59. The number of aromatic nitrogens is 1. The highest BCUT2D eigenvalue weighted by atomic mass is 16.5. The molecule has 0 aliphatic rings. The fourth-order valence-corrected chi connectivity index (χ4v) is 2.07. The van der Waals surface area contributed by atoms with Gasteiger partial charge < -0.3 is 14.3 Å². The van der Waals surface area contributed by atoms with Crippen molar-refractivity contribution in [2.45, 2.75) is 13.5 Å². The molecule has 0 aliphatic carbocycles. The molecule has 0 unspecified atom stereocenters. The maximum atomic E-state index is 9.10. The first-order valence-corrected chi connectivity index (χ1v) is 7.06. The molecule has 1 N–H and O–H groups in total. The lowest BCUT2D eigenvalue weighted by atomic mass is 10.1. The maximum absolute atomic E-state index is 9.10. The summed E-state index contributed by atoms with van der Waals surface area (Å²) in [6, 6.07) is 8.08. The number of aliphatic hydroxyl groups is 1. The van der Waals surface area contributed by atoms with Gasteiger partial charge in [0.1, 0.15) is 6.26 Å². The molecule has 1 heterocycles. The van der Waals surface area contributed by atoms with Crippen molar-refractivity contribution in [1.29, 1.82) is 0 Å². The smallest absolute Gasteiger partial charge is 0.226 e. The van der Waals surface area contributed by atoms with E-state index in [2.05, 4.69) is 9.88 Å². The molecule has 5 heteroatoms. The maximum Gasteiger partial charge on any atom is 0.226 e. The van der Waals surface area contributed by atoms with E-state index in [1.165, 1.54) is 5.56 Å². The van der Waals surface area contributed by atoms with Gasteiger partial charge in [0.2, 0.25) is 5.89 Å². The van der Waals surface area contributed by atoms with E-state index in [1.54, 1.807) is 13.4 Å². The standard InChI is InChI=1S/C16H22N2O3/c1-13-3-5-14(6-4-13)16-17-15(12-21-16)11-18(7-9-19)8-10-20-2/h3-6,12,19H,7-11H2,1-2H3. The van der Waals surface area contributed by atoms with Crippen molar-refractivity contribution in [3.05, 3.63) is 41.8 Å². The number of aliphatic hydroxyl groups excluding tert-OH is 1. The van der Waals surface area contributed by atoms with Crippen LogP contribution in [-0.2, 0) is 11.3 Å². The molecule has 21 heavy (non-hydrogen) atoms. The Morgan fingerprint density at radius 1 is 1.24 bits per heavy atom. The first kappa shape index (κ1) is 15.7. The molecule has 0 saturated carbocycles. The van der Waals surface area contributed by atoms with Crippen LogP contribution in [0.25, 0.3) is 11.5 Å². The number of benzene rings is 1. The van der Waals surface area contributed by atoms with Gasteiger partial charge in [-0.3, -0.25) is 4.90 Å². The minimum Gasteiger partial charge on any atom is -0.444 e. The minimum atomic E-state index is 0.117. The lowest BCUT2D eigenvalue weighted by molar-refractivity contribution is 0.126. The van der Waals surface area contributed by atoms with Crippen molar-refractivity contribution in [2.75, 3.05) is 33.4 Å². The fourth-order valence-electron chi connectivity index (χ4n) is 2.07. The largest absolute Gasteiger partial charge is 0.444 e. The van der Waals surface area contributed by atoms with Gasteiger partial charge in [0.15, 0.2) is 0 Å². The molecule has 114 valence electrons. The summed E-state index contributed by atoms with van der Waals surface area (Å²) in [6.07, 6.45) is 1.67. The van der Waals surface area contributed by atoms with Crippen molar-refractivity contribution in [3.63, 3.8) is 0 Å². The average molecular weight is 290 g/mol. The van der Waals surface area contributed by atoms with Crippen molar-refractivity contribution in [1.82, 2.24) is 9.88 Å². The first-order chi connectivity index (χ1) is 10.2. The predicted octanol–water partition coefficient (Wildman–Crippen LogP) is 2.09. The zero-order valence-electron chi connectivity index (χ0n) is 12.6. The van der Waals surface area contributed by atoms with Gasteiger partial charge in [0.05, 0.1) is 18.9 Å². The molecule has 2 aromatic rings. The van der Waals surface area contributed by atoms with Gasteiger partial charge in [-0.05, 0) is 19.1 Å². The fraction of sp³-hybridized carbons (Fsp3) is 0.438. The van der Waals surface area contributed by atoms with Crippen LogP contribution in [0.3, 0.4) is 0 Å². The normalized spacial score (nSPS) is 11.2.